The Morgan fingerprint density at radius 2 is 1.30 bits per heavy atom. The maximum atomic E-state index is 12.2. The summed E-state index contributed by atoms with van der Waals surface area (Å²) in [6.45, 7) is 19.3. The third-order valence-corrected chi connectivity index (χ3v) is 15.3. The molecule has 0 saturated carbocycles. The summed E-state index contributed by atoms with van der Waals surface area (Å²) in [6.07, 6.45) is 4.26. The van der Waals surface area contributed by atoms with Crippen LogP contribution in [-0.4, -0.2) is 193 Å². The molecule has 1 unspecified atom stereocenters. The van der Waals surface area contributed by atoms with Crippen LogP contribution in [0.1, 0.15) is 137 Å². The number of fused-ring (bicyclic) bond motifs is 4. The monoisotopic (exact) mass is 1220 g/mol. The first-order valence-corrected chi connectivity index (χ1v) is 29.8. The molecule has 12 atom stereocenters. The zero-order valence-electron chi connectivity index (χ0n) is 50.8. The van der Waals surface area contributed by atoms with Crippen molar-refractivity contribution in [3.05, 3.63) is 71.8 Å². The SMILES string of the molecule is C[C@@H](CCCCN1CC(=O)C[C@@H]2OC(C)(C)O[C@@H]2C1)C(=O)OCc1ccccc1.C[C@@H](CCCCNC[C@@H](O)[C@@H]1C[C@H]2OC(C)(C)O[C@H]2O1)Cc1ccccc1.O=C(O)C(F)(F)F.O=C=O.[B]OC(=O)[C@@H](C)CCCCN1C[C@H]2O[C@](O)(CC2O)C1. The lowest BCUT2D eigenvalue weighted by molar-refractivity contribution is -0.231. The van der Waals surface area contributed by atoms with Gasteiger partial charge in [0.1, 0.15) is 24.6 Å². The van der Waals surface area contributed by atoms with Gasteiger partial charge in [-0.05, 0) is 103 Å². The number of likely N-dealkylation sites (tertiary alicyclic amines) is 2. The summed E-state index contributed by atoms with van der Waals surface area (Å²) in [4.78, 5) is 65.0. The van der Waals surface area contributed by atoms with E-state index in [0.717, 1.165) is 76.6 Å². The highest BCUT2D eigenvalue weighted by atomic mass is 19.4. The maximum Gasteiger partial charge on any atom is 0.490 e. The van der Waals surface area contributed by atoms with Crippen molar-refractivity contribution in [3.63, 3.8) is 0 Å². The number of ether oxygens (including phenoxy) is 7. The molecule has 6 saturated heterocycles. The fourth-order valence-electron chi connectivity index (χ4n) is 11.1. The molecule has 6 heterocycles. The molecule has 2 bridgehead atoms. The van der Waals surface area contributed by atoms with Crippen LogP contribution >= 0.6 is 0 Å². The Bertz CT molecular complexity index is 2350. The lowest BCUT2D eigenvalue weighted by Gasteiger charge is -2.36. The van der Waals surface area contributed by atoms with E-state index in [2.05, 4.69) is 57.0 Å². The van der Waals surface area contributed by atoms with Gasteiger partial charge in [0.25, 0.3) is 5.97 Å². The number of hydrogen-bond donors (Lipinski definition) is 5. The minimum Gasteiger partial charge on any atom is -0.543 e. The first-order chi connectivity index (χ1) is 40.5. The summed E-state index contributed by atoms with van der Waals surface area (Å²) in [6, 6.07) is 20.4. The number of carbonyl (C=O) groups is 4. The topological polar surface area (TPSA) is 276 Å². The van der Waals surface area contributed by atoms with Gasteiger partial charge < -0.3 is 63.6 Å². The summed E-state index contributed by atoms with van der Waals surface area (Å²) in [7, 11) is 4.84. The number of rotatable bonds is 24. The zero-order valence-corrected chi connectivity index (χ0v) is 50.8. The van der Waals surface area contributed by atoms with Gasteiger partial charge in [-0.3, -0.25) is 24.2 Å². The molecule has 6 aliphatic heterocycles. The fourth-order valence-corrected chi connectivity index (χ4v) is 11.1. The van der Waals surface area contributed by atoms with Crippen molar-refractivity contribution >= 4 is 37.9 Å². The third kappa shape index (κ3) is 26.9. The molecule has 25 heteroatoms. The summed E-state index contributed by atoms with van der Waals surface area (Å²) >= 11 is 0. The number of aliphatic carboxylic acids is 1. The van der Waals surface area contributed by atoms with Crippen molar-refractivity contribution in [2.75, 3.05) is 52.4 Å². The smallest absolute Gasteiger partial charge is 0.490 e. The Morgan fingerprint density at radius 3 is 1.88 bits per heavy atom. The molecule has 0 spiro atoms. The largest absolute Gasteiger partial charge is 0.543 e. The molecular formula is C61H91BF3N3O18. The minimum absolute atomic E-state index is 0.0525. The molecule has 0 amide bonds. The standard InChI is InChI=1S/C23H33NO5.C22H35NO4.C13H22BNO5.C2HF3O2.CO2/c1-17(22(26)27-16-18-10-5-4-6-11-18)9-7-8-12-24-14-19(25)13-20-21(15-24)29-23(2,3)28-20;1-16(13-17-10-5-4-6-11-17)9-7-8-12-23-15-18(24)19-14-20-21(25-19)27-22(2,3)26-20;1-9(12(17)20-14)4-2-3-5-15-7-11-10(16)6-13(18,8-15)19-11;3-2(4,5)1(6)7;2-1-3/h4-6,10-11,17,20-21H,7-9,12-16H2,1-3H3;4-6,10-11,16,18-21,23-24H,7-9,12-15H2,1-3H3;9-11,16,18H,2-8H2,1H3;(H,6,7);/t17-,20-,21+;16-,18+,19-,20+,21+;9-,10?,11+,13+;;/m000../s1. The normalized spacial score (nSPS) is 26.7. The number of nitrogens with one attached hydrogen (secondary N) is 1. The van der Waals surface area contributed by atoms with Gasteiger partial charge in [0.2, 0.25) is 0 Å². The molecule has 2 aromatic carbocycles. The number of alkyl halides is 3. The molecule has 2 radical (unpaired) electrons. The molecule has 86 heavy (non-hydrogen) atoms. The lowest BCUT2D eigenvalue weighted by atomic mass is 9.96. The van der Waals surface area contributed by atoms with Gasteiger partial charge in [0, 0.05) is 38.9 Å². The Kier molecular flexibility index (Phi) is 30.9. The van der Waals surface area contributed by atoms with Gasteiger partial charge in [-0.1, -0.05) is 107 Å². The van der Waals surface area contributed by atoms with Crippen molar-refractivity contribution in [1.82, 2.24) is 15.1 Å². The van der Waals surface area contributed by atoms with Gasteiger partial charge in [0.15, 0.2) is 23.7 Å². The molecule has 5 N–H and O–H groups in total. The Morgan fingerprint density at radius 1 is 0.767 bits per heavy atom. The van der Waals surface area contributed by atoms with Crippen LogP contribution in [-0.2, 0) is 79.6 Å². The van der Waals surface area contributed by atoms with E-state index in [1.807, 2.05) is 65.0 Å². The van der Waals surface area contributed by atoms with Crippen molar-refractivity contribution in [1.29, 1.82) is 0 Å². The van der Waals surface area contributed by atoms with E-state index in [4.69, 9.17) is 60.7 Å². The van der Waals surface area contributed by atoms with Crippen LogP contribution in [0.5, 0.6) is 0 Å². The molecule has 482 valence electrons. The second-order valence-electron chi connectivity index (χ2n) is 24.0. The van der Waals surface area contributed by atoms with Crippen LogP contribution in [0.4, 0.5) is 13.2 Å². The number of benzene rings is 2. The van der Waals surface area contributed by atoms with Crippen molar-refractivity contribution < 1.29 is 100 Å². The number of ketones is 1. The highest BCUT2D eigenvalue weighted by Crippen LogP contribution is 2.38. The molecule has 0 aromatic heterocycles. The first kappa shape index (κ1) is 73.7. The van der Waals surface area contributed by atoms with Crippen LogP contribution < -0.4 is 5.32 Å². The molecule has 6 aliphatic rings. The third-order valence-electron chi connectivity index (χ3n) is 15.3. The maximum absolute atomic E-state index is 12.2. The number of nitrogens with zero attached hydrogens (tertiary/aromatic N) is 2. The number of hydrogen-bond acceptors (Lipinski definition) is 20. The number of aliphatic hydroxyl groups is 3. The Hall–Kier alpha value is -4.73. The fraction of sp³-hybridized carbons (Fsp3) is 0.721. The summed E-state index contributed by atoms with van der Waals surface area (Å²) < 4.78 is 75.9. The average molecular weight is 1220 g/mol. The number of Topliss-reactive ketones (excluding diaryl/α,β-unsaturated/α-hetero) is 1. The predicted octanol–water partition coefficient (Wildman–Crippen LogP) is 6.21. The molecule has 21 nitrogen and oxygen atoms in total. The minimum atomic E-state index is -5.08. The number of halogens is 3. The number of carboxylic acid groups (broad SMARTS) is 1. The van der Waals surface area contributed by atoms with Crippen LogP contribution in [0.15, 0.2) is 60.7 Å². The number of unbranched alkanes of at least 4 members (excludes halogenated alkanes) is 3. The van der Waals surface area contributed by atoms with E-state index in [9.17, 15) is 42.9 Å². The van der Waals surface area contributed by atoms with Gasteiger partial charge in [-0.2, -0.15) is 22.8 Å². The molecular weight excluding hydrogens is 1130 g/mol. The lowest BCUT2D eigenvalue weighted by Crippen LogP contribution is -2.51. The van der Waals surface area contributed by atoms with Crippen molar-refractivity contribution in [2.45, 2.75) is 211 Å². The second kappa shape index (κ2) is 36.1. The summed E-state index contributed by atoms with van der Waals surface area (Å²) in [5, 5.41) is 40.7. The highest BCUT2D eigenvalue weighted by molar-refractivity contribution is 6.05. The summed E-state index contributed by atoms with van der Waals surface area (Å²) in [5.74, 6) is -5.09. The van der Waals surface area contributed by atoms with E-state index >= 15 is 0 Å². The Balaban J connectivity index is 0.000000259. The van der Waals surface area contributed by atoms with E-state index < -0.39 is 41.7 Å². The van der Waals surface area contributed by atoms with Crippen molar-refractivity contribution in [3.8, 4) is 0 Å². The van der Waals surface area contributed by atoms with E-state index in [1.165, 1.54) is 18.4 Å². The van der Waals surface area contributed by atoms with E-state index in [0.29, 0.717) is 58.1 Å². The van der Waals surface area contributed by atoms with Crippen LogP contribution in [0.2, 0.25) is 0 Å². The quantitative estimate of drug-likeness (QED) is 0.0444. The number of β-amino-alcohol motifs (C(OH)–C–C–N with tert-alkyl or cyclic N) is 1. The number of aliphatic hydroxyl groups excluding tert-OH is 2. The van der Waals surface area contributed by atoms with Crippen LogP contribution in [0.25, 0.3) is 0 Å². The molecule has 8 rings (SSSR count). The van der Waals surface area contributed by atoms with E-state index in [1.54, 1.807) is 6.92 Å². The Labute approximate surface area is 504 Å². The number of carbonyl (C=O) groups excluding carboxylic acids is 5. The number of esters is 1. The number of carboxylic acids is 1. The zero-order chi connectivity index (χ0) is 63.7. The first-order valence-electron chi connectivity index (χ1n) is 29.8. The predicted molar refractivity (Wildman–Crippen MR) is 305 cm³/mol. The van der Waals surface area contributed by atoms with Crippen LogP contribution in [0.3, 0.4) is 0 Å². The van der Waals surface area contributed by atoms with Gasteiger partial charge >= 0.3 is 32.3 Å². The van der Waals surface area contributed by atoms with Gasteiger partial charge in [-0.15, -0.1) is 0 Å². The molecule has 0 aliphatic carbocycles. The molecule has 2 aromatic rings. The highest BCUT2D eigenvalue weighted by Gasteiger charge is 2.51. The van der Waals surface area contributed by atoms with Crippen LogP contribution in [0, 0.1) is 17.8 Å². The summed E-state index contributed by atoms with van der Waals surface area (Å²) in [5.41, 5.74) is 2.42. The van der Waals surface area contributed by atoms with E-state index in [-0.39, 0.29) is 78.9 Å². The average Bonchev–Trinajstić information content (AvgIpc) is 2.15. The second-order valence-corrected chi connectivity index (χ2v) is 24.0. The van der Waals surface area contributed by atoms with Gasteiger partial charge in [-0.25, -0.2) is 4.79 Å². The number of morpholine rings is 1. The molecule has 6 fully saturated rings. The van der Waals surface area contributed by atoms with Gasteiger partial charge in [0.05, 0.1) is 55.4 Å². The van der Waals surface area contributed by atoms with Crippen molar-refractivity contribution in [2.24, 2.45) is 17.8 Å².